The Kier molecular flexibility index (Phi) is 4.56. The van der Waals surface area contributed by atoms with Crippen molar-refractivity contribution in [1.29, 1.82) is 0 Å². The summed E-state index contributed by atoms with van der Waals surface area (Å²) in [4.78, 5) is 12.4. The maximum absolute atomic E-state index is 5.71. The van der Waals surface area contributed by atoms with Crippen molar-refractivity contribution in [1.82, 2.24) is 19.5 Å². The van der Waals surface area contributed by atoms with Crippen LogP contribution in [-0.4, -0.2) is 19.5 Å². The molecule has 0 aliphatic heterocycles. The number of imidazole rings is 1. The maximum atomic E-state index is 5.71. The molecule has 2 rings (SSSR count). The van der Waals surface area contributed by atoms with E-state index in [9.17, 15) is 0 Å². The molecule has 0 saturated heterocycles. The second kappa shape index (κ2) is 5.50. The van der Waals surface area contributed by atoms with Crippen molar-refractivity contribution in [2.45, 2.75) is 12.8 Å². The van der Waals surface area contributed by atoms with Crippen molar-refractivity contribution in [2.75, 3.05) is 5.73 Å². The molecule has 0 aromatic carbocycles. The van der Waals surface area contributed by atoms with Crippen molar-refractivity contribution in [2.24, 2.45) is 7.05 Å². The molecule has 2 heterocycles. The topological polar surface area (TPSA) is 69.6 Å². The molecule has 0 bridgehead atoms. The summed E-state index contributed by atoms with van der Waals surface area (Å²) in [7, 11) is 1.91. The number of hydrogen-bond donors (Lipinski definition) is 1. The Bertz CT molecular complexity index is 505. The SMILES string of the molecule is [CH-]=CCCc1nc2c(N)ncnc2n1C.[Y]. The largest absolute Gasteiger partial charge is 0.518 e. The van der Waals surface area contributed by atoms with E-state index in [1.807, 2.05) is 11.6 Å². The van der Waals surface area contributed by atoms with Gasteiger partial charge in [-0.2, -0.15) is 0 Å². The van der Waals surface area contributed by atoms with Gasteiger partial charge in [-0.25, -0.2) is 15.0 Å². The Morgan fingerprint density at radius 3 is 2.88 bits per heavy atom. The van der Waals surface area contributed by atoms with Crippen LogP contribution in [0, 0.1) is 6.58 Å². The maximum Gasteiger partial charge on any atom is 0.165 e. The van der Waals surface area contributed by atoms with Crippen LogP contribution in [0.25, 0.3) is 11.2 Å². The van der Waals surface area contributed by atoms with E-state index in [2.05, 4.69) is 15.0 Å². The van der Waals surface area contributed by atoms with Crippen molar-refractivity contribution in [3.05, 3.63) is 24.8 Å². The number of nitrogens with two attached hydrogens (primary N) is 1. The fourth-order valence-corrected chi connectivity index (χ4v) is 1.50. The molecule has 0 amide bonds. The van der Waals surface area contributed by atoms with Gasteiger partial charge < -0.3 is 16.9 Å². The van der Waals surface area contributed by atoms with Gasteiger partial charge in [0, 0.05) is 46.2 Å². The number of fused-ring (bicyclic) bond motifs is 1. The van der Waals surface area contributed by atoms with E-state index < -0.39 is 0 Å². The van der Waals surface area contributed by atoms with E-state index >= 15 is 0 Å². The van der Waals surface area contributed by atoms with Gasteiger partial charge in [-0.15, -0.1) is 0 Å². The minimum Gasteiger partial charge on any atom is -0.518 e. The summed E-state index contributed by atoms with van der Waals surface area (Å²) in [6, 6.07) is 0. The number of aromatic nitrogens is 4. The zero-order chi connectivity index (χ0) is 10.8. The second-order valence-corrected chi connectivity index (χ2v) is 3.29. The molecule has 2 N–H and O–H groups in total. The normalized spacial score (nSPS) is 10.1. The second-order valence-electron chi connectivity index (χ2n) is 3.29. The standard InChI is InChI=1S/C10H12N5.Y/c1-3-4-5-7-14-8-9(11)12-6-13-10(8)15(7)2;/h1,3,6H,4-5H2,2H3,(H2,11,12,13);/q-1;. The summed E-state index contributed by atoms with van der Waals surface area (Å²) in [5.41, 5.74) is 7.13. The first-order valence-corrected chi connectivity index (χ1v) is 4.69. The number of nitrogens with zero attached hydrogens (tertiary/aromatic N) is 4. The van der Waals surface area contributed by atoms with Crippen molar-refractivity contribution in [3.63, 3.8) is 0 Å². The molecule has 6 heteroatoms. The van der Waals surface area contributed by atoms with Crippen LogP contribution >= 0.6 is 0 Å². The van der Waals surface area contributed by atoms with Gasteiger partial charge in [0.1, 0.15) is 12.2 Å². The molecule has 0 aliphatic carbocycles. The predicted molar refractivity (Wildman–Crippen MR) is 57.9 cm³/mol. The molecule has 0 atom stereocenters. The molecule has 0 unspecified atom stereocenters. The van der Waals surface area contributed by atoms with Crippen LogP contribution in [0.15, 0.2) is 12.4 Å². The Hall–Kier alpha value is -0.806. The van der Waals surface area contributed by atoms with Crippen LogP contribution < -0.4 is 5.73 Å². The van der Waals surface area contributed by atoms with E-state index in [0.29, 0.717) is 11.3 Å². The third-order valence-electron chi connectivity index (χ3n) is 2.31. The van der Waals surface area contributed by atoms with Crippen molar-refractivity contribution in [3.8, 4) is 0 Å². The first-order chi connectivity index (χ1) is 7.24. The molecule has 5 nitrogen and oxygen atoms in total. The van der Waals surface area contributed by atoms with Crippen LogP contribution in [-0.2, 0) is 46.2 Å². The summed E-state index contributed by atoms with van der Waals surface area (Å²) >= 11 is 0. The van der Waals surface area contributed by atoms with Gasteiger partial charge >= 0.3 is 0 Å². The molecule has 2 aromatic rings. The Balaban J connectivity index is 0.00000128. The smallest absolute Gasteiger partial charge is 0.165 e. The number of nitrogen functional groups attached to an aromatic ring is 1. The van der Waals surface area contributed by atoms with Gasteiger partial charge in [-0.05, 0) is 0 Å². The van der Waals surface area contributed by atoms with E-state index in [1.165, 1.54) is 6.33 Å². The molecule has 0 aliphatic rings. The number of rotatable bonds is 3. The molecule has 0 spiro atoms. The van der Waals surface area contributed by atoms with Gasteiger partial charge in [0.2, 0.25) is 0 Å². The zero-order valence-electron chi connectivity index (χ0n) is 9.09. The van der Waals surface area contributed by atoms with Gasteiger partial charge in [-0.3, -0.25) is 6.08 Å². The third-order valence-corrected chi connectivity index (χ3v) is 2.31. The van der Waals surface area contributed by atoms with Crippen molar-refractivity contribution < 1.29 is 32.7 Å². The summed E-state index contributed by atoms with van der Waals surface area (Å²) < 4.78 is 1.91. The van der Waals surface area contributed by atoms with Gasteiger partial charge in [0.05, 0.1) is 0 Å². The molecular formula is C10H12N5Y-. The zero-order valence-corrected chi connectivity index (χ0v) is 11.9. The molecule has 0 fully saturated rings. The summed E-state index contributed by atoms with van der Waals surface area (Å²) in [6.45, 7) is 5.34. The number of hydrogen-bond acceptors (Lipinski definition) is 4. The molecule has 16 heavy (non-hydrogen) atoms. The summed E-state index contributed by atoms with van der Waals surface area (Å²) in [5.74, 6) is 1.33. The molecule has 2 aromatic heterocycles. The number of aryl methyl sites for hydroxylation is 2. The fourth-order valence-electron chi connectivity index (χ4n) is 1.50. The van der Waals surface area contributed by atoms with Gasteiger partial charge in [0.25, 0.3) is 0 Å². The minimum absolute atomic E-state index is 0. The van der Waals surface area contributed by atoms with E-state index in [1.54, 1.807) is 6.08 Å². The van der Waals surface area contributed by atoms with E-state index in [-0.39, 0.29) is 32.7 Å². The predicted octanol–water partition coefficient (Wildman–Crippen LogP) is 0.865. The molecule has 0 saturated carbocycles. The van der Waals surface area contributed by atoms with Crippen LogP contribution in [0.5, 0.6) is 0 Å². The number of anilines is 1. The fraction of sp³-hybridized carbons (Fsp3) is 0.300. The van der Waals surface area contributed by atoms with Crippen molar-refractivity contribution >= 4 is 17.0 Å². The first-order valence-electron chi connectivity index (χ1n) is 4.69. The average molecular weight is 291 g/mol. The quantitative estimate of drug-likeness (QED) is 0.852. The monoisotopic (exact) mass is 291 g/mol. The van der Waals surface area contributed by atoms with E-state index in [0.717, 1.165) is 24.3 Å². The van der Waals surface area contributed by atoms with Crippen LogP contribution in [0.2, 0.25) is 0 Å². The summed E-state index contributed by atoms with van der Waals surface area (Å²) in [6.07, 6.45) is 4.62. The van der Waals surface area contributed by atoms with Crippen LogP contribution in [0.1, 0.15) is 12.2 Å². The molecule has 81 valence electrons. The Morgan fingerprint density at radius 1 is 1.50 bits per heavy atom. The average Bonchev–Trinajstić information content (AvgIpc) is 2.55. The van der Waals surface area contributed by atoms with Gasteiger partial charge in [0.15, 0.2) is 17.0 Å². The first kappa shape index (κ1) is 13.3. The minimum atomic E-state index is 0. The summed E-state index contributed by atoms with van der Waals surface area (Å²) in [5, 5.41) is 0. The molecular weight excluding hydrogens is 279 g/mol. The van der Waals surface area contributed by atoms with Crippen LogP contribution in [0.3, 0.4) is 0 Å². The van der Waals surface area contributed by atoms with E-state index in [4.69, 9.17) is 12.3 Å². The molecule has 1 radical (unpaired) electrons. The number of allylic oxidation sites excluding steroid dienone is 1. The Morgan fingerprint density at radius 2 is 2.25 bits per heavy atom. The third kappa shape index (κ3) is 2.30. The Labute approximate surface area is 119 Å². The van der Waals surface area contributed by atoms with Crippen LogP contribution in [0.4, 0.5) is 5.82 Å². The van der Waals surface area contributed by atoms with Gasteiger partial charge in [-0.1, -0.05) is 6.42 Å².